The Labute approximate surface area is 180 Å². The summed E-state index contributed by atoms with van der Waals surface area (Å²) in [4.78, 5) is 8.68. The molecular formula is C22H28N6O3. The van der Waals surface area contributed by atoms with Gasteiger partial charge in [-0.3, -0.25) is 9.56 Å². The Kier molecular flexibility index (Phi) is 6.54. The summed E-state index contributed by atoms with van der Waals surface area (Å²) in [5, 5.41) is 12.9. The van der Waals surface area contributed by atoms with Gasteiger partial charge in [0, 0.05) is 6.54 Å². The van der Waals surface area contributed by atoms with Crippen LogP contribution in [0.25, 0.3) is 11.0 Å². The van der Waals surface area contributed by atoms with Gasteiger partial charge < -0.3 is 31.4 Å². The predicted octanol–water partition coefficient (Wildman–Crippen LogP) is 1.97. The van der Waals surface area contributed by atoms with E-state index in [9.17, 15) is 5.11 Å². The van der Waals surface area contributed by atoms with Gasteiger partial charge in [0.25, 0.3) is 0 Å². The lowest BCUT2D eigenvalue weighted by Gasteiger charge is -2.18. The number of anilines is 1. The van der Waals surface area contributed by atoms with Gasteiger partial charge in [-0.15, -0.1) is 0 Å². The van der Waals surface area contributed by atoms with Crippen molar-refractivity contribution in [2.75, 3.05) is 25.1 Å². The molecule has 31 heavy (non-hydrogen) atoms. The average molecular weight is 425 g/mol. The van der Waals surface area contributed by atoms with Crippen molar-refractivity contribution in [2.45, 2.75) is 31.7 Å². The molecule has 1 aliphatic heterocycles. The van der Waals surface area contributed by atoms with Gasteiger partial charge in [0.15, 0.2) is 5.96 Å². The number of nitrogens with one attached hydrogen (secondary N) is 1. The number of para-hydroxylation sites is 2. The highest BCUT2D eigenvalue weighted by Crippen LogP contribution is 2.34. The lowest BCUT2D eigenvalue weighted by atomic mass is 10.2. The van der Waals surface area contributed by atoms with E-state index >= 15 is 0 Å². The molecule has 9 heteroatoms. The van der Waals surface area contributed by atoms with Crippen molar-refractivity contribution in [3.8, 4) is 5.75 Å². The van der Waals surface area contributed by atoms with E-state index in [-0.39, 0.29) is 24.9 Å². The maximum Gasteiger partial charge on any atom is 0.206 e. The standard InChI is InChI=1S/C22H28N6O3/c23-21(24)25-10-11-30-16-5-3-4-15(12-16)13-26-22-27-18-6-1-2-7-19(18)28(22)20-9-8-17(14-29)31-20/h1-7,12,17,20,29H,8-11,13-14H2,(H,26,27)(H4,23,24,25)/t17-,20+/m0/s1. The van der Waals surface area contributed by atoms with E-state index in [1.807, 2.05) is 48.5 Å². The first-order chi connectivity index (χ1) is 15.1. The number of hydrogen-bond acceptors (Lipinski definition) is 6. The lowest BCUT2D eigenvalue weighted by molar-refractivity contribution is -0.0195. The Morgan fingerprint density at radius 1 is 1.23 bits per heavy atom. The van der Waals surface area contributed by atoms with Crippen molar-refractivity contribution in [3.63, 3.8) is 0 Å². The molecule has 0 radical (unpaired) electrons. The fraction of sp³-hybridized carbons (Fsp3) is 0.364. The Morgan fingerprint density at radius 2 is 2.10 bits per heavy atom. The first-order valence-corrected chi connectivity index (χ1v) is 10.4. The summed E-state index contributed by atoms with van der Waals surface area (Å²) in [5.74, 6) is 1.55. The second-order valence-electron chi connectivity index (χ2n) is 7.42. The number of aliphatic hydroxyl groups is 1. The second-order valence-corrected chi connectivity index (χ2v) is 7.42. The molecule has 0 aliphatic carbocycles. The number of benzene rings is 2. The number of nitrogens with zero attached hydrogens (tertiary/aromatic N) is 3. The third kappa shape index (κ3) is 5.07. The molecule has 0 saturated carbocycles. The van der Waals surface area contributed by atoms with Crippen LogP contribution in [0.4, 0.5) is 5.95 Å². The fourth-order valence-corrected chi connectivity index (χ4v) is 3.74. The Morgan fingerprint density at radius 3 is 2.90 bits per heavy atom. The minimum Gasteiger partial charge on any atom is -0.492 e. The van der Waals surface area contributed by atoms with Crippen molar-refractivity contribution in [3.05, 3.63) is 54.1 Å². The summed E-state index contributed by atoms with van der Waals surface area (Å²) in [6, 6.07) is 15.8. The number of hydrogen-bond donors (Lipinski definition) is 4. The molecule has 3 aromatic rings. The number of aliphatic imine (C=N–C) groups is 1. The zero-order valence-electron chi connectivity index (χ0n) is 17.3. The smallest absolute Gasteiger partial charge is 0.206 e. The second kappa shape index (κ2) is 9.67. The fourth-order valence-electron chi connectivity index (χ4n) is 3.74. The van der Waals surface area contributed by atoms with Crippen LogP contribution in [0.5, 0.6) is 5.75 Å². The highest BCUT2D eigenvalue weighted by molar-refractivity contribution is 5.78. The highest BCUT2D eigenvalue weighted by Gasteiger charge is 2.29. The van der Waals surface area contributed by atoms with E-state index in [2.05, 4.69) is 14.9 Å². The Balaban J connectivity index is 1.47. The van der Waals surface area contributed by atoms with Crippen LogP contribution >= 0.6 is 0 Å². The SMILES string of the molecule is NC(N)=NCCOc1cccc(CNc2nc3ccccc3n2[C@H]2CC[C@@H](CO)O2)c1. The number of guanidine groups is 1. The van der Waals surface area contributed by atoms with E-state index in [1.54, 1.807) is 0 Å². The summed E-state index contributed by atoms with van der Waals surface area (Å²) < 4.78 is 13.8. The van der Waals surface area contributed by atoms with Gasteiger partial charge in [-0.2, -0.15) is 0 Å². The van der Waals surface area contributed by atoms with Crippen LogP contribution in [0.1, 0.15) is 24.6 Å². The molecule has 0 amide bonds. The van der Waals surface area contributed by atoms with E-state index in [0.29, 0.717) is 19.7 Å². The molecule has 0 unspecified atom stereocenters. The number of aliphatic hydroxyl groups excluding tert-OH is 1. The van der Waals surface area contributed by atoms with Crippen molar-refractivity contribution in [1.82, 2.24) is 9.55 Å². The third-order valence-electron chi connectivity index (χ3n) is 5.18. The van der Waals surface area contributed by atoms with Gasteiger partial charge in [-0.05, 0) is 42.7 Å². The maximum absolute atomic E-state index is 9.45. The van der Waals surface area contributed by atoms with Gasteiger partial charge in [0.05, 0.1) is 30.3 Å². The topological polar surface area (TPSA) is 133 Å². The van der Waals surface area contributed by atoms with Crippen LogP contribution in [0.15, 0.2) is 53.5 Å². The van der Waals surface area contributed by atoms with Crippen molar-refractivity contribution >= 4 is 22.9 Å². The monoisotopic (exact) mass is 424 g/mol. The average Bonchev–Trinajstić information content (AvgIpc) is 3.39. The number of nitrogens with two attached hydrogens (primary N) is 2. The van der Waals surface area contributed by atoms with Gasteiger partial charge in [0.2, 0.25) is 5.95 Å². The molecule has 9 nitrogen and oxygen atoms in total. The maximum atomic E-state index is 9.45. The largest absolute Gasteiger partial charge is 0.492 e. The number of aromatic nitrogens is 2. The molecule has 1 fully saturated rings. The Hall–Kier alpha value is -3.30. The zero-order valence-corrected chi connectivity index (χ0v) is 17.3. The minimum atomic E-state index is -0.155. The van der Waals surface area contributed by atoms with Crippen LogP contribution in [0.2, 0.25) is 0 Å². The van der Waals surface area contributed by atoms with Crippen LogP contribution in [0, 0.1) is 0 Å². The van der Waals surface area contributed by atoms with Crippen molar-refractivity contribution < 1.29 is 14.6 Å². The summed E-state index contributed by atoms with van der Waals surface area (Å²) in [6.07, 6.45) is 1.37. The third-order valence-corrected chi connectivity index (χ3v) is 5.18. The predicted molar refractivity (Wildman–Crippen MR) is 120 cm³/mol. The van der Waals surface area contributed by atoms with E-state index in [1.165, 1.54) is 0 Å². The molecule has 164 valence electrons. The van der Waals surface area contributed by atoms with Gasteiger partial charge in [0.1, 0.15) is 18.6 Å². The zero-order chi connectivity index (χ0) is 21.6. The number of imidazole rings is 1. The number of fused-ring (bicyclic) bond motifs is 1. The van der Waals surface area contributed by atoms with Crippen molar-refractivity contribution in [1.29, 1.82) is 0 Å². The van der Waals surface area contributed by atoms with E-state index in [0.717, 1.165) is 41.1 Å². The van der Waals surface area contributed by atoms with Crippen LogP contribution in [0.3, 0.4) is 0 Å². The molecule has 1 aliphatic rings. The first-order valence-electron chi connectivity index (χ1n) is 10.4. The quantitative estimate of drug-likeness (QED) is 0.234. The van der Waals surface area contributed by atoms with E-state index < -0.39 is 0 Å². The molecule has 1 aromatic heterocycles. The molecule has 0 bridgehead atoms. The summed E-state index contributed by atoms with van der Waals surface area (Å²) >= 11 is 0. The van der Waals surface area contributed by atoms with Gasteiger partial charge >= 0.3 is 0 Å². The minimum absolute atomic E-state index is 0.0296. The number of ether oxygens (including phenoxy) is 2. The number of rotatable bonds is 9. The molecule has 6 N–H and O–H groups in total. The molecule has 1 saturated heterocycles. The molecule has 2 atom stereocenters. The lowest BCUT2D eigenvalue weighted by Crippen LogP contribution is -2.23. The Bertz CT molecular complexity index is 1050. The summed E-state index contributed by atoms with van der Waals surface area (Å²) in [6.45, 7) is 1.41. The molecular weight excluding hydrogens is 396 g/mol. The first kappa shape index (κ1) is 21.0. The molecule has 2 aromatic carbocycles. The van der Waals surface area contributed by atoms with Crippen LogP contribution in [-0.4, -0.2) is 46.5 Å². The van der Waals surface area contributed by atoms with Gasteiger partial charge in [-0.1, -0.05) is 24.3 Å². The molecule has 2 heterocycles. The van der Waals surface area contributed by atoms with E-state index in [4.69, 9.17) is 25.9 Å². The van der Waals surface area contributed by atoms with Crippen molar-refractivity contribution in [2.24, 2.45) is 16.5 Å². The highest BCUT2D eigenvalue weighted by atomic mass is 16.5. The summed E-state index contributed by atoms with van der Waals surface area (Å²) in [5.41, 5.74) is 13.6. The molecule has 0 spiro atoms. The summed E-state index contributed by atoms with van der Waals surface area (Å²) in [7, 11) is 0. The van der Waals surface area contributed by atoms with Crippen LogP contribution < -0.4 is 21.5 Å². The molecule has 4 rings (SSSR count). The van der Waals surface area contributed by atoms with Crippen LogP contribution in [-0.2, 0) is 11.3 Å². The normalized spacial score (nSPS) is 18.2. The van der Waals surface area contributed by atoms with Gasteiger partial charge in [-0.25, -0.2) is 4.98 Å².